The van der Waals surface area contributed by atoms with E-state index in [0.29, 0.717) is 24.5 Å². The van der Waals surface area contributed by atoms with Gasteiger partial charge in [0.15, 0.2) is 0 Å². The Kier molecular flexibility index (Phi) is 8.62. The van der Waals surface area contributed by atoms with E-state index in [2.05, 4.69) is 0 Å². The lowest BCUT2D eigenvalue weighted by molar-refractivity contribution is -0.142. The number of carbonyl (C=O) groups excluding carboxylic acids is 1. The second-order valence-corrected chi connectivity index (χ2v) is 3.17. The van der Waals surface area contributed by atoms with Gasteiger partial charge in [0.25, 0.3) is 0 Å². The molecular weight excluding hydrogens is 235 g/mol. The highest BCUT2D eigenvalue weighted by atomic mass is 19.1. The minimum absolute atomic E-state index is 0.101. The van der Waals surface area contributed by atoms with Crippen molar-refractivity contribution in [1.82, 2.24) is 0 Å². The Bertz CT molecular complexity index is 364. The van der Waals surface area contributed by atoms with Crippen LogP contribution in [0.2, 0.25) is 0 Å². The summed E-state index contributed by atoms with van der Waals surface area (Å²) in [6.07, 6.45) is 0.101. The first-order valence-corrected chi connectivity index (χ1v) is 6.24. The first kappa shape index (κ1) is 16.4. The summed E-state index contributed by atoms with van der Waals surface area (Å²) in [6, 6.07) is 4.12. The van der Waals surface area contributed by atoms with Crippen molar-refractivity contribution in [3.8, 4) is 5.75 Å². The highest BCUT2D eigenvalue weighted by molar-refractivity contribution is 5.73. The number of benzene rings is 1. The predicted octanol–water partition coefficient (Wildman–Crippen LogP) is 3.36. The maximum absolute atomic E-state index is 13.0. The summed E-state index contributed by atoms with van der Waals surface area (Å²) < 4.78 is 23.0. The molecule has 0 radical (unpaired) electrons. The lowest BCUT2D eigenvalue weighted by Gasteiger charge is -2.09. The first-order chi connectivity index (χ1) is 8.67. The fourth-order valence-corrected chi connectivity index (χ4v) is 1.33. The molecule has 3 nitrogen and oxygen atoms in total. The van der Waals surface area contributed by atoms with E-state index in [4.69, 9.17) is 9.47 Å². The fraction of sp³-hybridized carbons (Fsp3) is 0.500. The average molecular weight is 256 g/mol. The van der Waals surface area contributed by atoms with Gasteiger partial charge in [-0.05, 0) is 19.9 Å². The Morgan fingerprint density at radius 2 is 1.89 bits per heavy atom. The first-order valence-electron chi connectivity index (χ1n) is 6.24. The summed E-state index contributed by atoms with van der Waals surface area (Å²) in [5.74, 6) is -0.318. The van der Waals surface area contributed by atoms with Crippen LogP contribution >= 0.6 is 0 Å². The Labute approximate surface area is 108 Å². The molecule has 0 bridgehead atoms. The van der Waals surface area contributed by atoms with Crippen molar-refractivity contribution >= 4 is 5.97 Å². The Morgan fingerprint density at radius 1 is 1.22 bits per heavy atom. The number of hydrogen-bond donors (Lipinski definition) is 0. The van der Waals surface area contributed by atoms with Gasteiger partial charge in [0, 0.05) is 11.6 Å². The van der Waals surface area contributed by atoms with Crippen LogP contribution in [0.1, 0.15) is 33.3 Å². The number of esters is 1. The van der Waals surface area contributed by atoms with Crippen molar-refractivity contribution in [2.75, 3.05) is 13.2 Å². The normalized spacial score (nSPS) is 9.17. The second kappa shape index (κ2) is 9.45. The molecule has 0 aliphatic heterocycles. The highest BCUT2D eigenvalue weighted by Gasteiger charge is 2.10. The molecule has 0 aliphatic rings. The van der Waals surface area contributed by atoms with Crippen LogP contribution in [0.3, 0.4) is 0 Å². The summed E-state index contributed by atoms with van der Waals surface area (Å²) in [6.45, 7) is 8.31. The van der Waals surface area contributed by atoms with E-state index < -0.39 is 0 Å². The molecule has 0 saturated carbocycles. The molecule has 0 aliphatic carbocycles. The molecule has 1 aromatic carbocycles. The third kappa shape index (κ3) is 5.66. The van der Waals surface area contributed by atoms with E-state index in [1.54, 1.807) is 13.8 Å². The van der Waals surface area contributed by atoms with E-state index in [9.17, 15) is 9.18 Å². The van der Waals surface area contributed by atoms with Gasteiger partial charge in [0.05, 0.1) is 19.6 Å². The van der Waals surface area contributed by atoms with Gasteiger partial charge in [-0.25, -0.2) is 4.39 Å². The van der Waals surface area contributed by atoms with Gasteiger partial charge < -0.3 is 9.47 Å². The smallest absolute Gasteiger partial charge is 0.310 e. The molecule has 4 heteroatoms. The fourth-order valence-electron chi connectivity index (χ4n) is 1.33. The Morgan fingerprint density at radius 3 is 2.44 bits per heavy atom. The maximum atomic E-state index is 13.0. The molecule has 102 valence electrons. The molecule has 1 rings (SSSR count). The van der Waals surface area contributed by atoms with Gasteiger partial charge in [0.2, 0.25) is 0 Å². The zero-order valence-electron chi connectivity index (χ0n) is 11.5. The second-order valence-electron chi connectivity index (χ2n) is 3.17. The third-order valence-electron chi connectivity index (χ3n) is 1.97. The van der Waals surface area contributed by atoms with Gasteiger partial charge in [0.1, 0.15) is 11.6 Å². The molecule has 1 aromatic rings. The van der Waals surface area contributed by atoms with Gasteiger partial charge in [-0.1, -0.05) is 19.9 Å². The molecule has 0 spiro atoms. The van der Waals surface area contributed by atoms with Crippen molar-refractivity contribution < 1.29 is 18.7 Å². The van der Waals surface area contributed by atoms with Crippen molar-refractivity contribution in [3.63, 3.8) is 0 Å². The molecule has 0 amide bonds. The molecule has 18 heavy (non-hydrogen) atoms. The molecule has 0 heterocycles. The number of halogens is 1. The van der Waals surface area contributed by atoms with E-state index in [-0.39, 0.29) is 18.2 Å². The monoisotopic (exact) mass is 256 g/mol. The van der Waals surface area contributed by atoms with Crippen molar-refractivity contribution in [2.45, 2.75) is 34.1 Å². The van der Waals surface area contributed by atoms with Gasteiger partial charge in [-0.15, -0.1) is 0 Å². The summed E-state index contributed by atoms with van der Waals surface area (Å²) in [7, 11) is 0. The van der Waals surface area contributed by atoms with Crippen LogP contribution in [-0.4, -0.2) is 19.2 Å². The largest absolute Gasteiger partial charge is 0.493 e. The van der Waals surface area contributed by atoms with Crippen molar-refractivity contribution in [3.05, 3.63) is 29.6 Å². The molecule has 0 unspecified atom stereocenters. The third-order valence-corrected chi connectivity index (χ3v) is 1.97. The Balaban J connectivity index is 0.00000137. The van der Waals surface area contributed by atoms with Gasteiger partial charge in [-0.3, -0.25) is 4.79 Å². The minimum Gasteiger partial charge on any atom is -0.493 e. The number of ether oxygens (including phenoxy) is 2. The van der Waals surface area contributed by atoms with Crippen LogP contribution in [0.25, 0.3) is 0 Å². The molecule has 0 N–H and O–H groups in total. The minimum atomic E-state index is -0.379. The number of hydrogen-bond acceptors (Lipinski definition) is 3. The van der Waals surface area contributed by atoms with Crippen LogP contribution in [0.15, 0.2) is 18.2 Å². The molecule has 0 fully saturated rings. The summed E-state index contributed by atoms with van der Waals surface area (Å²) in [4.78, 5) is 11.3. The van der Waals surface area contributed by atoms with Crippen LogP contribution in [0.5, 0.6) is 5.75 Å². The summed E-state index contributed by atoms with van der Waals surface area (Å²) in [5, 5.41) is 0. The summed E-state index contributed by atoms with van der Waals surface area (Å²) >= 11 is 0. The van der Waals surface area contributed by atoms with Crippen LogP contribution in [-0.2, 0) is 16.0 Å². The van der Waals surface area contributed by atoms with Crippen LogP contribution in [0, 0.1) is 5.82 Å². The molecule has 0 atom stereocenters. The SMILES string of the molecule is CC.CCOC(=O)Cc1ccc(F)cc1OCC. The van der Waals surface area contributed by atoms with Crippen molar-refractivity contribution in [2.24, 2.45) is 0 Å². The number of carbonyl (C=O) groups is 1. The van der Waals surface area contributed by atoms with E-state index in [1.807, 2.05) is 13.8 Å². The van der Waals surface area contributed by atoms with E-state index >= 15 is 0 Å². The van der Waals surface area contributed by atoms with Crippen LogP contribution < -0.4 is 4.74 Å². The zero-order chi connectivity index (χ0) is 14.0. The highest BCUT2D eigenvalue weighted by Crippen LogP contribution is 2.20. The predicted molar refractivity (Wildman–Crippen MR) is 69.3 cm³/mol. The topological polar surface area (TPSA) is 35.5 Å². The maximum Gasteiger partial charge on any atom is 0.310 e. The molecular formula is C14H21FO3. The van der Waals surface area contributed by atoms with Crippen LogP contribution in [0.4, 0.5) is 4.39 Å². The van der Waals surface area contributed by atoms with E-state index in [1.165, 1.54) is 18.2 Å². The average Bonchev–Trinajstić information content (AvgIpc) is 2.36. The van der Waals surface area contributed by atoms with Gasteiger partial charge >= 0.3 is 5.97 Å². The zero-order valence-corrected chi connectivity index (χ0v) is 11.5. The lowest BCUT2D eigenvalue weighted by atomic mass is 10.1. The van der Waals surface area contributed by atoms with Gasteiger partial charge in [-0.2, -0.15) is 0 Å². The Hall–Kier alpha value is -1.58. The lowest BCUT2D eigenvalue weighted by Crippen LogP contribution is -2.09. The van der Waals surface area contributed by atoms with Crippen molar-refractivity contribution in [1.29, 1.82) is 0 Å². The molecule has 0 saturated heterocycles. The number of rotatable bonds is 5. The summed E-state index contributed by atoms with van der Waals surface area (Å²) in [5.41, 5.74) is 0.640. The van der Waals surface area contributed by atoms with E-state index in [0.717, 1.165) is 0 Å². The standard InChI is InChI=1S/C12H15FO3.C2H6/c1-3-15-11-8-10(13)6-5-9(11)7-12(14)16-4-2;1-2/h5-6,8H,3-4,7H2,1-2H3;1-2H3. The quantitative estimate of drug-likeness (QED) is 0.758. The molecule has 0 aromatic heterocycles.